The van der Waals surface area contributed by atoms with Gasteiger partial charge in [0.2, 0.25) is 5.91 Å². The van der Waals surface area contributed by atoms with E-state index < -0.39 is 0 Å². The minimum atomic E-state index is -0.0819. The molecule has 0 saturated carbocycles. The molecule has 1 N–H and O–H groups in total. The first-order valence-corrected chi connectivity index (χ1v) is 9.48. The van der Waals surface area contributed by atoms with Crippen LogP contribution in [0.1, 0.15) is 47.5 Å². The van der Waals surface area contributed by atoms with E-state index in [0.29, 0.717) is 19.5 Å². The predicted octanol–water partition coefficient (Wildman–Crippen LogP) is 3.99. The van der Waals surface area contributed by atoms with Gasteiger partial charge < -0.3 is 9.73 Å². The molecule has 0 aliphatic rings. The zero-order chi connectivity index (χ0) is 19.2. The first-order chi connectivity index (χ1) is 13.1. The van der Waals surface area contributed by atoms with Crippen molar-refractivity contribution in [2.45, 2.75) is 46.1 Å². The molecular formula is C22H27N3O2. The third-order valence-electron chi connectivity index (χ3n) is 5.01. The third-order valence-corrected chi connectivity index (χ3v) is 5.01. The van der Waals surface area contributed by atoms with E-state index in [0.717, 1.165) is 23.4 Å². The average molecular weight is 365 g/mol. The van der Waals surface area contributed by atoms with Crippen molar-refractivity contribution in [2.75, 3.05) is 6.54 Å². The molecule has 0 saturated heterocycles. The molecule has 0 fully saturated rings. The Bertz CT molecular complexity index is 867. The number of benzene rings is 1. The lowest BCUT2D eigenvalue weighted by atomic mass is 9.93. The summed E-state index contributed by atoms with van der Waals surface area (Å²) in [6, 6.07) is 13.8. The highest BCUT2D eigenvalue weighted by Gasteiger charge is 2.20. The van der Waals surface area contributed by atoms with Gasteiger partial charge in [-0.2, -0.15) is 5.10 Å². The van der Waals surface area contributed by atoms with Crippen LogP contribution in [0.25, 0.3) is 0 Å². The van der Waals surface area contributed by atoms with Gasteiger partial charge >= 0.3 is 0 Å². The Morgan fingerprint density at radius 3 is 2.59 bits per heavy atom. The Labute approximate surface area is 160 Å². The Balaban J connectivity index is 1.60. The van der Waals surface area contributed by atoms with Crippen LogP contribution in [0.15, 0.2) is 53.1 Å². The first-order valence-electron chi connectivity index (χ1n) is 9.48. The van der Waals surface area contributed by atoms with Gasteiger partial charge in [-0.3, -0.25) is 9.48 Å². The Hall–Kier alpha value is -2.82. The maximum absolute atomic E-state index is 12.5. The van der Waals surface area contributed by atoms with E-state index in [4.69, 9.17) is 4.42 Å². The zero-order valence-electron chi connectivity index (χ0n) is 16.2. The third kappa shape index (κ3) is 4.48. The number of nitrogens with one attached hydrogen (secondary N) is 1. The highest BCUT2D eigenvalue weighted by Crippen LogP contribution is 2.28. The van der Waals surface area contributed by atoms with Gasteiger partial charge in [-0.1, -0.05) is 37.3 Å². The van der Waals surface area contributed by atoms with Crippen LogP contribution in [0.2, 0.25) is 0 Å². The number of nitrogens with zero attached hydrogens (tertiary/aromatic N) is 2. The zero-order valence-corrected chi connectivity index (χ0v) is 16.2. The lowest BCUT2D eigenvalue weighted by molar-refractivity contribution is -0.121. The van der Waals surface area contributed by atoms with Crippen LogP contribution in [-0.2, 0) is 17.8 Å². The van der Waals surface area contributed by atoms with Crippen molar-refractivity contribution in [2.24, 2.45) is 0 Å². The van der Waals surface area contributed by atoms with E-state index in [-0.39, 0.29) is 11.8 Å². The first kappa shape index (κ1) is 19.0. The number of rotatable bonds is 8. The molecule has 2 aromatic heterocycles. The molecular weight excluding hydrogens is 338 g/mol. The summed E-state index contributed by atoms with van der Waals surface area (Å²) in [4.78, 5) is 12.5. The molecule has 2 heterocycles. The van der Waals surface area contributed by atoms with Gasteiger partial charge in [0.15, 0.2) is 0 Å². The maximum Gasteiger partial charge on any atom is 0.221 e. The normalized spacial score (nSPS) is 12.1. The summed E-state index contributed by atoms with van der Waals surface area (Å²) in [6.45, 7) is 7.50. The van der Waals surface area contributed by atoms with Crippen molar-refractivity contribution in [3.8, 4) is 0 Å². The molecule has 5 nitrogen and oxygen atoms in total. The van der Waals surface area contributed by atoms with Gasteiger partial charge in [-0.25, -0.2) is 0 Å². The Kier molecular flexibility index (Phi) is 6.12. The summed E-state index contributed by atoms with van der Waals surface area (Å²) in [5, 5.41) is 7.60. The van der Waals surface area contributed by atoms with Crippen molar-refractivity contribution in [1.29, 1.82) is 0 Å². The predicted molar refractivity (Wildman–Crippen MR) is 106 cm³/mol. The molecule has 0 bridgehead atoms. The summed E-state index contributed by atoms with van der Waals surface area (Å²) in [6.07, 6.45) is 2.98. The fraction of sp³-hybridized carbons (Fsp3) is 0.364. The smallest absolute Gasteiger partial charge is 0.221 e. The number of hydrogen-bond donors (Lipinski definition) is 1. The molecule has 0 spiro atoms. The molecule has 3 aromatic rings. The molecule has 0 aliphatic carbocycles. The molecule has 142 valence electrons. The van der Waals surface area contributed by atoms with E-state index in [9.17, 15) is 4.79 Å². The summed E-state index contributed by atoms with van der Waals surface area (Å²) in [7, 11) is 0. The van der Waals surface area contributed by atoms with Crippen LogP contribution in [-0.4, -0.2) is 22.2 Å². The number of aryl methyl sites for hydroxylation is 1. The monoisotopic (exact) mass is 365 g/mol. The second-order valence-corrected chi connectivity index (χ2v) is 6.76. The van der Waals surface area contributed by atoms with Crippen LogP contribution in [0.3, 0.4) is 0 Å². The maximum atomic E-state index is 12.5. The van der Waals surface area contributed by atoms with Crippen molar-refractivity contribution in [1.82, 2.24) is 15.1 Å². The van der Waals surface area contributed by atoms with E-state index in [2.05, 4.69) is 24.3 Å². The Morgan fingerprint density at radius 2 is 1.96 bits per heavy atom. The second-order valence-electron chi connectivity index (χ2n) is 6.76. The lowest BCUT2D eigenvalue weighted by Crippen LogP contribution is -2.29. The van der Waals surface area contributed by atoms with Gasteiger partial charge in [-0.05, 0) is 43.5 Å². The van der Waals surface area contributed by atoms with Crippen LogP contribution in [0.4, 0.5) is 0 Å². The van der Waals surface area contributed by atoms with Crippen LogP contribution >= 0.6 is 0 Å². The van der Waals surface area contributed by atoms with E-state index in [1.54, 1.807) is 6.26 Å². The average Bonchev–Trinajstić information content (AvgIpc) is 3.29. The number of furan rings is 1. The van der Waals surface area contributed by atoms with Crippen LogP contribution < -0.4 is 5.32 Å². The van der Waals surface area contributed by atoms with Crippen molar-refractivity contribution in [3.63, 3.8) is 0 Å². The second kappa shape index (κ2) is 8.71. The molecule has 5 heteroatoms. The van der Waals surface area contributed by atoms with E-state index in [1.807, 2.05) is 54.1 Å². The lowest BCUT2D eigenvalue weighted by Gasteiger charge is -2.15. The van der Waals surface area contributed by atoms with Crippen molar-refractivity contribution < 1.29 is 9.21 Å². The molecule has 1 aromatic carbocycles. The van der Waals surface area contributed by atoms with Crippen molar-refractivity contribution >= 4 is 5.91 Å². The van der Waals surface area contributed by atoms with Gasteiger partial charge in [0, 0.05) is 18.7 Å². The van der Waals surface area contributed by atoms with E-state index in [1.165, 1.54) is 11.3 Å². The molecule has 0 aliphatic heterocycles. The summed E-state index contributed by atoms with van der Waals surface area (Å²) < 4.78 is 7.56. The minimum Gasteiger partial charge on any atom is -0.469 e. The van der Waals surface area contributed by atoms with Crippen LogP contribution in [0.5, 0.6) is 0 Å². The SMILES string of the molecule is CCc1c(C)nn(CCNC(=O)C[C@@H](c2ccccc2)c2ccco2)c1C. The van der Waals surface area contributed by atoms with Gasteiger partial charge in [0.05, 0.1) is 24.4 Å². The molecule has 27 heavy (non-hydrogen) atoms. The fourth-order valence-corrected chi connectivity index (χ4v) is 3.58. The Morgan fingerprint density at radius 1 is 1.19 bits per heavy atom. The number of carbonyl (C=O) groups is 1. The summed E-state index contributed by atoms with van der Waals surface area (Å²) >= 11 is 0. The molecule has 0 radical (unpaired) electrons. The topological polar surface area (TPSA) is 60.1 Å². The quantitative estimate of drug-likeness (QED) is 0.656. The van der Waals surface area contributed by atoms with Crippen molar-refractivity contribution in [3.05, 3.63) is 77.0 Å². The standard InChI is InChI=1S/C22H27N3O2/c1-4-19-16(2)24-25(17(19)3)13-12-23-22(26)15-20(21-11-8-14-27-21)18-9-6-5-7-10-18/h5-11,14,20H,4,12-13,15H2,1-3H3,(H,23,26)/t20-/m0/s1. The van der Waals surface area contributed by atoms with Gasteiger partial charge in [0.1, 0.15) is 5.76 Å². The van der Waals surface area contributed by atoms with Gasteiger partial charge in [-0.15, -0.1) is 0 Å². The molecule has 1 atom stereocenters. The highest BCUT2D eigenvalue weighted by molar-refractivity contribution is 5.77. The number of amides is 1. The van der Waals surface area contributed by atoms with E-state index >= 15 is 0 Å². The fourth-order valence-electron chi connectivity index (χ4n) is 3.58. The number of carbonyl (C=O) groups excluding carboxylic acids is 1. The number of aromatic nitrogens is 2. The summed E-state index contributed by atoms with van der Waals surface area (Å²) in [5.41, 5.74) is 4.63. The highest BCUT2D eigenvalue weighted by atomic mass is 16.3. The molecule has 3 rings (SSSR count). The van der Waals surface area contributed by atoms with Crippen LogP contribution in [0, 0.1) is 13.8 Å². The number of hydrogen-bond acceptors (Lipinski definition) is 3. The largest absolute Gasteiger partial charge is 0.469 e. The molecule has 0 unspecified atom stereocenters. The molecule has 1 amide bonds. The minimum absolute atomic E-state index is 0.0116. The summed E-state index contributed by atoms with van der Waals surface area (Å²) in [5.74, 6) is 0.738. The van der Waals surface area contributed by atoms with Gasteiger partial charge in [0.25, 0.3) is 0 Å².